The average Bonchev–Trinajstić information content (AvgIpc) is 2.56. The summed E-state index contributed by atoms with van der Waals surface area (Å²) in [5.41, 5.74) is 1.80. The first-order valence-electron chi connectivity index (χ1n) is 7.95. The van der Waals surface area contributed by atoms with E-state index in [0.29, 0.717) is 18.0 Å². The topological polar surface area (TPSA) is 49.4 Å². The monoisotopic (exact) mass is 362 g/mol. The Bertz CT molecular complexity index is 734. The van der Waals surface area contributed by atoms with E-state index in [1.165, 1.54) is 24.0 Å². The molecule has 0 fully saturated rings. The van der Waals surface area contributed by atoms with Gasteiger partial charge in [0.2, 0.25) is 11.8 Å². The zero-order valence-electron chi connectivity index (χ0n) is 14.0. The van der Waals surface area contributed by atoms with Crippen molar-refractivity contribution in [3.8, 4) is 0 Å². The maximum atomic E-state index is 12.9. The van der Waals surface area contributed by atoms with Crippen molar-refractivity contribution < 1.29 is 14.0 Å². The van der Waals surface area contributed by atoms with Crippen LogP contribution in [-0.4, -0.2) is 29.8 Å². The molecule has 2 amide bonds. The fraction of sp³-hybridized carbons (Fsp3) is 0.263. The molecule has 0 heterocycles. The van der Waals surface area contributed by atoms with Gasteiger partial charge in [0.25, 0.3) is 0 Å². The molecule has 2 rings (SSSR count). The van der Waals surface area contributed by atoms with Crippen LogP contribution in [0.3, 0.4) is 0 Å². The fourth-order valence-corrected chi connectivity index (χ4v) is 2.57. The maximum absolute atomic E-state index is 12.9. The SMILES string of the molecule is CC(=O)N(CC(=O)NCCc1cccc(Cl)c1)Cc1ccc(F)cc1. The largest absolute Gasteiger partial charge is 0.354 e. The van der Waals surface area contributed by atoms with Gasteiger partial charge in [-0.05, 0) is 41.8 Å². The average molecular weight is 363 g/mol. The van der Waals surface area contributed by atoms with E-state index in [1.54, 1.807) is 18.2 Å². The van der Waals surface area contributed by atoms with Gasteiger partial charge >= 0.3 is 0 Å². The van der Waals surface area contributed by atoms with Crippen molar-refractivity contribution in [2.24, 2.45) is 0 Å². The van der Waals surface area contributed by atoms with Crippen molar-refractivity contribution in [2.45, 2.75) is 19.9 Å². The first-order valence-corrected chi connectivity index (χ1v) is 8.33. The van der Waals surface area contributed by atoms with Crippen LogP contribution in [0.2, 0.25) is 5.02 Å². The Morgan fingerprint density at radius 1 is 1.12 bits per heavy atom. The molecule has 4 nitrogen and oxygen atoms in total. The summed E-state index contributed by atoms with van der Waals surface area (Å²) in [6.07, 6.45) is 0.657. The number of hydrogen-bond acceptors (Lipinski definition) is 2. The summed E-state index contributed by atoms with van der Waals surface area (Å²) in [6.45, 7) is 2.09. The van der Waals surface area contributed by atoms with E-state index in [0.717, 1.165) is 11.1 Å². The lowest BCUT2D eigenvalue weighted by atomic mass is 10.1. The maximum Gasteiger partial charge on any atom is 0.239 e. The third kappa shape index (κ3) is 6.55. The van der Waals surface area contributed by atoms with Gasteiger partial charge in [-0.25, -0.2) is 4.39 Å². The molecule has 0 unspecified atom stereocenters. The summed E-state index contributed by atoms with van der Waals surface area (Å²) in [4.78, 5) is 25.2. The Morgan fingerprint density at radius 3 is 2.48 bits per heavy atom. The second-order valence-electron chi connectivity index (χ2n) is 5.73. The van der Waals surface area contributed by atoms with Crippen LogP contribution in [0.5, 0.6) is 0 Å². The minimum atomic E-state index is -0.336. The van der Waals surface area contributed by atoms with Crippen molar-refractivity contribution in [3.63, 3.8) is 0 Å². The molecule has 0 aliphatic carbocycles. The number of halogens is 2. The Balaban J connectivity index is 1.83. The molecule has 0 saturated carbocycles. The molecule has 0 radical (unpaired) electrons. The minimum Gasteiger partial charge on any atom is -0.354 e. The van der Waals surface area contributed by atoms with E-state index in [4.69, 9.17) is 11.6 Å². The number of nitrogens with zero attached hydrogens (tertiary/aromatic N) is 1. The molecule has 2 aromatic rings. The van der Waals surface area contributed by atoms with E-state index in [-0.39, 0.29) is 30.7 Å². The van der Waals surface area contributed by atoms with Gasteiger partial charge in [0.15, 0.2) is 0 Å². The van der Waals surface area contributed by atoms with Crippen molar-refractivity contribution >= 4 is 23.4 Å². The van der Waals surface area contributed by atoms with Crippen LogP contribution < -0.4 is 5.32 Å². The fourth-order valence-electron chi connectivity index (χ4n) is 2.36. The highest BCUT2D eigenvalue weighted by Crippen LogP contribution is 2.11. The van der Waals surface area contributed by atoms with E-state index in [1.807, 2.05) is 18.2 Å². The molecule has 1 N–H and O–H groups in total. The zero-order valence-corrected chi connectivity index (χ0v) is 14.7. The Labute approximate surface area is 151 Å². The second-order valence-corrected chi connectivity index (χ2v) is 6.17. The number of benzene rings is 2. The lowest BCUT2D eigenvalue weighted by molar-refractivity contribution is -0.134. The smallest absolute Gasteiger partial charge is 0.239 e. The molecule has 132 valence electrons. The Morgan fingerprint density at radius 2 is 1.84 bits per heavy atom. The molecule has 0 aromatic heterocycles. The molecule has 0 aliphatic rings. The molecule has 0 atom stereocenters. The second kappa shape index (κ2) is 9.18. The molecule has 0 saturated heterocycles. The molecule has 0 bridgehead atoms. The van der Waals surface area contributed by atoms with E-state index < -0.39 is 0 Å². The van der Waals surface area contributed by atoms with Gasteiger partial charge < -0.3 is 10.2 Å². The Kier molecular flexibility index (Phi) is 6.95. The van der Waals surface area contributed by atoms with Crippen LogP contribution in [0.25, 0.3) is 0 Å². The van der Waals surface area contributed by atoms with Crippen LogP contribution in [0.1, 0.15) is 18.1 Å². The third-order valence-electron chi connectivity index (χ3n) is 3.69. The standard InChI is InChI=1S/C19H20ClFN2O2/c1-14(24)23(12-16-5-7-18(21)8-6-16)13-19(25)22-10-9-15-3-2-4-17(20)11-15/h2-8,11H,9-10,12-13H2,1H3,(H,22,25). The number of carbonyl (C=O) groups excluding carboxylic acids is 2. The minimum absolute atomic E-state index is 0.0394. The van der Waals surface area contributed by atoms with Gasteiger partial charge in [-0.1, -0.05) is 35.9 Å². The predicted molar refractivity (Wildman–Crippen MR) is 95.7 cm³/mol. The molecule has 0 spiro atoms. The molecular formula is C19H20ClFN2O2. The zero-order chi connectivity index (χ0) is 18.2. The highest BCUT2D eigenvalue weighted by atomic mass is 35.5. The van der Waals surface area contributed by atoms with Crippen LogP contribution in [0, 0.1) is 5.82 Å². The van der Waals surface area contributed by atoms with Crippen LogP contribution in [-0.2, 0) is 22.6 Å². The first-order chi connectivity index (χ1) is 11.9. The predicted octanol–water partition coefficient (Wildman–Crippen LogP) is 3.19. The summed E-state index contributed by atoms with van der Waals surface area (Å²) in [6, 6.07) is 13.3. The van der Waals surface area contributed by atoms with Gasteiger partial charge in [0, 0.05) is 25.0 Å². The van der Waals surface area contributed by atoms with Gasteiger partial charge in [0.05, 0.1) is 6.54 Å². The normalized spacial score (nSPS) is 10.4. The number of nitrogens with one attached hydrogen (secondary N) is 1. The summed E-state index contributed by atoms with van der Waals surface area (Å²) in [5, 5.41) is 3.45. The van der Waals surface area contributed by atoms with Gasteiger partial charge in [0.1, 0.15) is 5.82 Å². The van der Waals surface area contributed by atoms with Crippen LogP contribution in [0.4, 0.5) is 4.39 Å². The van der Waals surface area contributed by atoms with Crippen LogP contribution >= 0.6 is 11.6 Å². The lowest BCUT2D eigenvalue weighted by Crippen LogP contribution is -2.39. The molecule has 25 heavy (non-hydrogen) atoms. The summed E-state index contributed by atoms with van der Waals surface area (Å²) in [5.74, 6) is -0.787. The van der Waals surface area contributed by atoms with Gasteiger partial charge in [-0.15, -0.1) is 0 Å². The highest BCUT2D eigenvalue weighted by Gasteiger charge is 2.14. The summed E-state index contributed by atoms with van der Waals surface area (Å²) >= 11 is 5.92. The number of rotatable bonds is 7. The summed E-state index contributed by atoms with van der Waals surface area (Å²) in [7, 11) is 0. The van der Waals surface area contributed by atoms with E-state index in [9.17, 15) is 14.0 Å². The number of hydrogen-bond donors (Lipinski definition) is 1. The van der Waals surface area contributed by atoms with Gasteiger partial charge in [-0.2, -0.15) is 0 Å². The van der Waals surface area contributed by atoms with E-state index >= 15 is 0 Å². The highest BCUT2D eigenvalue weighted by molar-refractivity contribution is 6.30. The van der Waals surface area contributed by atoms with Crippen molar-refractivity contribution in [1.82, 2.24) is 10.2 Å². The molecule has 2 aromatic carbocycles. The molecule has 6 heteroatoms. The Hall–Kier alpha value is -2.40. The van der Waals surface area contributed by atoms with Crippen molar-refractivity contribution in [3.05, 3.63) is 70.5 Å². The van der Waals surface area contributed by atoms with Crippen molar-refractivity contribution in [2.75, 3.05) is 13.1 Å². The van der Waals surface area contributed by atoms with Crippen molar-refractivity contribution in [1.29, 1.82) is 0 Å². The third-order valence-corrected chi connectivity index (χ3v) is 3.93. The van der Waals surface area contributed by atoms with Gasteiger partial charge in [-0.3, -0.25) is 9.59 Å². The number of amides is 2. The molecular weight excluding hydrogens is 343 g/mol. The van der Waals surface area contributed by atoms with E-state index in [2.05, 4.69) is 5.32 Å². The van der Waals surface area contributed by atoms with Crippen LogP contribution in [0.15, 0.2) is 48.5 Å². The number of carbonyl (C=O) groups is 2. The quantitative estimate of drug-likeness (QED) is 0.822. The lowest BCUT2D eigenvalue weighted by Gasteiger charge is -2.20. The first kappa shape index (κ1) is 18.9. The molecule has 0 aliphatic heterocycles. The summed E-state index contributed by atoms with van der Waals surface area (Å²) < 4.78 is 12.9.